The quantitative estimate of drug-likeness (QED) is 0.920. The summed E-state index contributed by atoms with van der Waals surface area (Å²) in [5, 5.41) is 3.32. The monoisotopic (exact) mass is 268 g/mol. The van der Waals surface area contributed by atoms with Crippen molar-refractivity contribution in [2.45, 2.75) is 26.4 Å². The second kappa shape index (κ2) is 5.50. The number of hydrogen-bond acceptors (Lipinski definition) is 3. The minimum Gasteiger partial charge on any atom is -0.444 e. The highest BCUT2D eigenvalue weighted by molar-refractivity contribution is 6.30. The number of oxazole rings is 1. The number of aromatic nitrogens is 1. The first-order valence-electron chi connectivity index (χ1n) is 5.69. The third kappa shape index (κ3) is 3.09. The Kier molecular flexibility index (Phi) is 3.99. The Bertz CT molecular complexity index is 540. The van der Waals surface area contributed by atoms with Crippen LogP contribution in [0.5, 0.6) is 0 Å². The smallest absolute Gasteiger partial charge is 0.226 e. The Morgan fingerprint density at radius 1 is 1.44 bits per heavy atom. The standard InChI is InChI=1S/C13H14ClFN2O/c1-8(2)16-6-10-7-18-13(17-10)9-3-4-11(14)12(15)5-9/h3-5,7-8,16H,6H2,1-2H3. The van der Waals surface area contributed by atoms with E-state index in [1.54, 1.807) is 12.3 Å². The molecule has 0 bridgehead atoms. The van der Waals surface area contributed by atoms with Gasteiger partial charge in [0.2, 0.25) is 5.89 Å². The number of nitrogens with one attached hydrogen (secondary N) is 1. The molecule has 18 heavy (non-hydrogen) atoms. The summed E-state index contributed by atoms with van der Waals surface area (Å²) in [6.45, 7) is 4.72. The zero-order chi connectivity index (χ0) is 13.1. The Balaban J connectivity index is 2.16. The lowest BCUT2D eigenvalue weighted by Crippen LogP contribution is -2.21. The van der Waals surface area contributed by atoms with Crippen molar-refractivity contribution in [2.24, 2.45) is 0 Å². The van der Waals surface area contributed by atoms with E-state index in [1.807, 2.05) is 0 Å². The Labute approximate surface area is 110 Å². The van der Waals surface area contributed by atoms with Crippen molar-refractivity contribution in [3.05, 3.63) is 41.0 Å². The van der Waals surface area contributed by atoms with Crippen LogP contribution in [0, 0.1) is 5.82 Å². The van der Waals surface area contributed by atoms with E-state index in [9.17, 15) is 4.39 Å². The van der Waals surface area contributed by atoms with Crippen LogP contribution in [0.2, 0.25) is 5.02 Å². The van der Waals surface area contributed by atoms with Gasteiger partial charge in [0.1, 0.15) is 12.1 Å². The summed E-state index contributed by atoms with van der Waals surface area (Å²) in [6.07, 6.45) is 1.57. The maximum atomic E-state index is 13.3. The molecule has 0 amide bonds. The van der Waals surface area contributed by atoms with Crippen molar-refractivity contribution in [3.63, 3.8) is 0 Å². The van der Waals surface area contributed by atoms with Gasteiger partial charge < -0.3 is 9.73 Å². The summed E-state index contributed by atoms with van der Waals surface area (Å²) in [7, 11) is 0. The molecule has 1 heterocycles. The molecule has 3 nitrogen and oxygen atoms in total. The molecule has 2 aromatic rings. The SMILES string of the molecule is CC(C)NCc1coc(-c2ccc(Cl)c(F)c2)n1. The summed E-state index contributed by atoms with van der Waals surface area (Å²) in [5.41, 5.74) is 1.36. The molecule has 5 heteroatoms. The van der Waals surface area contributed by atoms with Crippen LogP contribution < -0.4 is 5.32 Å². The number of hydrogen-bond donors (Lipinski definition) is 1. The first kappa shape index (κ1) is 13.1. The van der Waals surface area contributed by atoms with Crippen molar-refractivity contribution in [1.29, 1.82) is 0 Å². The highest BCUT2D eigenvalue weighted by Gasteiger charge is 2.09. The van der Waals surface area contributed by atoms with Crippen molar-refractivity contribution >= 4 is 11.6 Å². The van der Waals surface area contributed by atoms with Crippen LogP contribution in [0.1, 0.15) is 19.5 Å². The predicted octanol–water partition coefficient (Wildman–Crippen LogP) is 3.63. The molecule has 1 aromatic carbocycles. The third-order valence-electron chi connectivity index (χ3n) is 2.41. The molecule has 0 radical (unpaired) electrons. The first-order valence-corrected chi connectivity index (χ1v) is 6.07. The van der Waals surface area contributed by atoms with Crippen LogP contribution in [0.3, 0.4) is 0 Å². The fourth-order valence-electron chi connectivity index (χ4n) is 1.46. The second-order valence-electron chi connectivity index (χ2n) is 4.31. The Morgan fingerprint density at radius 3 is 2.89 bits per heavy atom. The second-order valence-corrected chi connectivity index (χ2v) is 4.72. The zero-order valence-corrected chi connectivity index (χ0v) is 11.0. The molecule has 2 rings (SSSR count). The number of halogens is 2. The number of benzene rings is 1. The van der Waals surface area contributed by atoms with Gasteiger partial charge in [-0.15, -0.1) is 0 Å². The molecule has 0 aliphatic carbocycles. The summed E-state index contributed by atoms with van der Waals surface area (Å²) in [5.74, 6) is -0.0830. The van der Waals surface area contributed by atoms with E-state index in [0.717, 1.165) is 5.69 Å². The van der Waals surface area contributed by atoms with Crippen LogP contribution in [0.15, 0.2) is 28.9 Å². The summed E-state index contributed by atoms with van der Waals surface area (Å²) >= 11 is 5.62. The predicted molar refractivity (Wildman–Crippen MR) is 68.9 cm³/mol. The average Bonchev–Trinajstić information content (AvgIpc) is 2.79. The van der Waals surface area contributed by atoms with Crippen molar-refractivity contribution < 1.29 is 8.81 Å². The fraction of sp³-hybridized carbons (Fsp3) is 0.308. The van der Waals surface area contributed by atoms with Gasteiger partial charge in [-0.25, -0.2) is 9.37 Å². The molecule has 0 unspecified atom stereocenters. The first-order chi connectivity index (χ1) is 8.56. The van der Waals surface area contributed by atoms with Gasteiger partial charge >= 0.3 is 0 Å². The number of nitrogens with zero attached hydrogens (tertiary/aromatic N) is 1. The van der Waals surface area contributed by atoms with Crippen LogP contribution in [-0.4, -0.2) is 11.0 Å². The lowest BCUT2D eigenvalue weighted by Gasteiger charge is -2.04. The summed E-state index contributed by atoms with van der Waals surface area (Å²) < 4.78 is 18.6. The van der Waals surface area contributed by atoms with Crippen LogP contribution in [0.4, 0.5) is 4.39 Å². The van der Waals surface area contributed by atoms with Crippen LogP contribution >= 0.6 is 11.6 Å². The van der Waals surface area contributed by atoms with Gasteiger partial charge in [0.15, 0.2) is 0 Å². The van der Waals surface area contributed by atoms with Crippen molar-refractivity contribution in [1.82, 2.24) is 10.3 Å². The van der Waals surface area contributed by atoms with E-state index in [-0.39, 0.29) is 5.02 Å². The zero-order valence-electron chi connectivity index (χ0n) is 10.2. The topological polar surface area (TPSA) is 38.1 Å². The normalized spacial score (nSPS) is 11.2. The highest BCUT2D eigenvalue weighted by Crippen LogP contribution is 2.23. The van der Waals surface area contributed by atoms with Gasteiger partial charge in [0.05, 0.1) is 10.7 Å². The van der Waals surface area contributed by atoms with Gasteiger partial charge in [-0.05, 0) is 18.2 Å². The molecule has 1 aromatic heterocycles. The lowest BCUT2D eigenvalue weighted by molar-refractivity contribution is 0.559. The van der Waals surface area contributed by atoms with Gasteiger partial charge in [-0.1, -0.05) is 25.4 Å². The Hall–Kier alpha value is -1.39. The van der Waals surface area contributed by atoms with Gasteiger partial charge in [-0.2, -0.15) is 0 Å². The van der Waals surface area contributed by atoms with Gasteiger partial charge in [-0.3, -0.25) is 0 Å². The maximum absolute atomic E-state index is 13.3. The van der Waals surface area contributed by atoms with Crippen LogP contribution in [0.25, 0.3) is 11.5 Å². The third-order valence-corrected chi connectivity index (χ3v) is 2.72. The molecule has 0 saturated carbocycles. The molecule has 0 saturated heterocycles. The molecule has 0 fully saturated rings. The Morgan fingerprint density at radius 2 is 2.22 bits per heavy atom. The summed E-state index contributed by atoms with van der Waals surface area (Å²) in [6, 6.07) is 4.85. The summed E-state index contributed by atoms with van der Waals surface area (Å²) in [4.78, 5) is 4.28. The lowest BCUT2D eigenvalue weighted by atomic mass is 10.2. The largest absolute Gasteiger partial charge is 0.444 e. The van der Waals surface area contributed by atoms with E-state index < -0.39 is 5.82 Å². The van der Waals surface area contributed by atoms with Gasteiger partial charge in [0, 0.05) is 18.2 Å². The van der Waals surface area contributed by atoms with E-state index in [2.05, 4.69) is 24.1 Å². The minimum atomic E-state index is -0.478. The van der Waals surface area contributed by atoms with Gasteiger partial charge in [0.25, 0.3) is 0 Å². The average molecular weight is 269 g/mol. The van der Waals surface area contributed by atoms with E-state index >= 15 is 0 Å². The fourth-order valence-corrected chi connectivity index (χ4v) is 1.58. The molecule has 0 aliphatic heterocycles. The van der Waals surface area contributed by atoms with Crippen LogP contribution in [-0.2, 0) is 6.54 Å². The molecule has 0 atom stereocenters. The minimum absolute atomic E-state index is 0.0898. The molecular formula is C13H14ClFN2O. The maximum Gasteiger partial charge on any atom is 0.226 e. The van der Waals surface area contributed by atoms with E-state index in [4.69, 9.17) is 16.0 Å². The highest BCUT2D eigenvalue weighted by atomic mass is 35.5. The number of rotatable bonds is 4. The molecular weight excluding hydrogens is 255 g/mol. The molecule has 0 spiro atoms. The molecule has 1 N–H and O–H groups in total. The molecule has 0 aliphatic rings. The van der Waals surface area contributed by atoms with Crippen molar-refractivity contribution in [2.75, 3.05) is 0 Å². The van der Waals surface area contributed by atoms with E-state index in [1.165, 1.54) is 12.1 Å². The van der Waals surface area contributed by atoms with E-state index in [0.29, 0.717) is 24.0 Å². The van der Waals surface area contributed by atoms with Crippen molar-refractivity contribution in [3.8, 4) is 11.5 Å². The molecule has 96 valence electrons.